The third-order valence-corrected chi connectivity index (χ3v) is 1.22. The van der Waals surface area contributed by atoms with Crippen molar-refractivity contribution in [2.45, 2.75) is 17.7 Å². The summed E-state index contributed by atoms with van der Waals surface area (Å²) in [6, 6.07) is 0. The monoisotopic (exact) mass is 202 g/mol. The molecule has 0 aromatic carbocycles. The third kappa shape index (κ3) is 4.32. The van der Waals surface area contributed by atoms with Gasteiger partial charge in [-0.05, 0) is 15.9 Å². The summed E-state index contributed by atoms with van der Waals surface area (Å²) in [7, 11) is 0. The Bertz CT molecular complexity index is 107. The quantitative estimate of drug-likeness (QED) is 0.705. The van der Waals surface area contributed by atoms with Crippen LogP contribution in [0.3, 0.4) is 0 Å². The summed E-state index contributed by atoms with van der Waals surface area (Å²) >= 11 is 2.26. The van der Waals surface area contributed by atoms with Gasteiger partial charge in [0.1, 0.15) is 0 Å². The molecule has 0 rings (SSSR count). The van der Waals surface area contributed by atoms with Gasteiger partial charge in [0, 0.05) is 0 Å². The first-order chi connectivity index (χ1) is 4.04. The molecule has 0 saturated heterocycles. The molecule has 2 atom stereocenters. The van der Waals surface area contributed by atoms with Crippen molar-refractivity contribution in [2.24, 2.45) is 0 Å². The molecule has 0 saturated carbocycles. The van der Waals surface area contributed by atoms with Crippen LogP contribution in [0.5, 0.6) is 0 Å². The van der Waals surface area contributed by atoms with E-state index in [0.717, 1.165) is 0 Å². The second-order valence-electron chi connectivity index (χ2n) is 1.45. The van der Waals surface area contributed by atoms with Crippen molar-refractivity contribution >= 4 is 21.9 Å². The molecule has 0 spiro atoms. The first-order valence-electron chi connectivity index (χ1n) is 2.18. The lowest BCUT2D eigenvalue weighted by Gasteiger charge is -2.02. The van der Waals surface area contributed by atoms with Gasteiger partial charge in [0.2, 0.25) is 0 Å². The zero-order chi connectivity index (χ0) is 7.44. The molecule has 0 amide bonds. The first-order valence-corrected chi connectivity index (χ1v) is 3.09. The van der Waals surface area contributed by atoms with Crippen LogP contribution in [0.25, 0.3) is 0 Å². The van der Waals surface area contributed by atoms with Gasteiger partial charge >= 0.3 is 5.97 Å². The molecular formula is C4H5BrF2O2. The fourth-order valence-corrected chi connectivity index (χ4v) is 0.443. The summed E-state index contributed by atoms with van der Waals surface area (Å²) in [5.41, 5.74) is 0. The van der Waals surface area contributed by atoms with E-state index < -0.39 is 23.6 Å². The Kier molecular flexibility index (Phi) is 3.68. The Hall–Kier alpha value is -0.190. The van der Waals surface area contributed by atoms with Crippen molar-refractivity contribution in [3.05, 3.63) is 0 Å². The highest BCUT2D eigenvalue weighted by Crippen LogP contribution is 2.13. The van der Waals surface area contributed by atoms with E-state index in [1.165, 1.54) is 0 Å². The molecule has 0 aliphatic heterocycles. The Morgan fingerprint density at radius 3 is 2.22 bits per heavy atom. The Morgan fingerprint density at radius 2 is 2.11 bits per heavy atom. The summed E-state index contributed by atoms with van der Waals surface area (Å²) in [4.78, 5) is 9.69. The molecule has 0 bridgehead atoms. The van der Waals surface area contributed by atoms with E-state index in [-0.39, 0.29) is 0 Å². The largest absolute Gasteiger partial charge is 0.481 e. The van der Waals surface area contributed by atoms with Crippen molar-refractivity contribution in [1.29, 1.82) is 0 Å². The Labute approximate surface area is 59.0 Å². The van der Waals surface area contributed by atoms with E-state index in [1.54, 1.807) is 0 Å². The number of halogens is 3. The molecule has 2 unspecified atom stereocenters. The van der Waals surface area contributed by atoms with Crippen LogP contribution in [0, 0.1) is 0 Å². The van der Waals surface area contributed by atoms with E-state index >= 15 is 0 Å². The van der Waals surface area contributed by atoms with Gasteiger partial charge in [0.25, 0.3) is 0 Å². The van der Waals surface area contributed by atoms with Gasteiger partial charge in [0.05, 0.1) is 6.42 Å². The second-order valence-corrected chi connectivity index (χ2v) is 2.32. The van der Waals surface area contributed by atoms with E-state index in [0.29, 0.717) is 0 Å². The molecule has 9 heavy (non-hydrogen) atoms. The van der Waals surface area contributed by atoms with Gasteiger partial charge in [-0.25, -0.2) is 8.78 Å². The normalized spacial score (nSPS) is 16.8. The van der Waals surface area contributed by atoms with E-state index in [9.17, 15) is 13.6 Å². The summed E-state index contributed by atoms with van der Waals surface area (Å²) in [5.74, 6) is -1.34. The molecule has 0 radical (unpaired) electrons. The van der Waals surface area contributed by atoms with Crippen molar-refractivity contribution in [3.63, 3.8) is 0 Å². The van der Waals surface area contributed by atoms with Crippen LogP contribution >= 0.6 is 15.9 Å². The standard InChI is InChI=1S/C4H5BrF2O2/c5-4(7)2(6)1-3(8)9/h2,4H,1H2,(H,8,9). The molecule has 0 fully saturated rings. The molecule has 0 aromatic rings. The molecular weight excluding hydrogens is 198 g/mol. The van der Waals surface area contributed by atoms with E-state index in [2.05, 4.69) is 15.9 Å². The van der Waals surface area contributed by atoms with Crippen molar-refractivity contribution < 1.29 is 18.7 Å². The van der Waals surface area contributed by atoms with Gasteiger partial charge in [-0.3, -0.25) is 4.79 Å². The molecule has 0 aromatic heterocycles. The van der Waals surface area contributed by atoms with Crippen molar-refractivity contribution in [3.8, 4) is 0 Å². The van der Waals surface area contributed by atoms with E-state index in [1.807, 2.05) is 0 Å². The SMILES string of the molecule is O=C(O)CC(F)C(F)Br. The van der Waals surface area contributed by atoms with E-state index in [4.69, 9.17) is 5.11 Å². The number of rotatable bonds is 3. The maximum absolute atomic E-state index is 12.0. The first kappa shape index (κ1) is 8.81. The fraction of sp³-hybridized carbons (Fsp3) is 0.750. The lowest BCUT2D eigenvalue weighted by atomic mass is 10.3. The molecule has 0 aliphatic rings. The minimum Gasteiger partial charge on any atom is -0.481 e. The number of aliphatic carboxylic acids is 1. The number of carboxylic acid groups (broad SMARTS) is 1. The van der Waals surface area contributed by atoms with Crippen LogP contribution < -0.4 is 0 Å². The van der Waals surface area contributed by atoms with Crippen LogP contribution in [0.2, 0.25) is 0 Å². The number of hydrogen-bond donors (Lipinski definition) is 1. The van der Waals surface area contributed by atoms with Crippen molar-refractivity contribution in [1.82, 2.24) is 0 Å². The zero-order valence-electron chi connectivity index (χ0n) is 4.35. The highest BCUT2D eigenvalue weighted by Gasteiger charge is 2.19. The molecule has 54 valence electrons. The van der Waals surface area contributed by atoms with Gasteiger partial charge in [-0.2, -0.15) is 0 Å². The van der Waals surface area contributed by atoms with Gasteiger partial charge in [-0.15, -0.1) is 0 Å². The number of carbonyl (C=O) groups is 1. The minimum absolute atomic E-state index is 0.799. The highest BCUT2D eigenvalue weighted by atomic mass is 79.9. The predicted molar refractivity (Wildman–Crippen MR) is 31.0 cm³/mol. The molecule has 1 N–H and O–H groups in total. The summed E-state index contributed by atoms with van der Waals surface area (Å²) in [5, 5.41) is 6.02. The van der Waals surface area contributed by atoms with Crippen LogP contribution in [0.4, 0.5) is 8.78 Å². The summed E-state index contributed by atoms with van der Waals surface area (Å²) in [6.45, 7) is 0. The van der Waals surface area contributed by atoms with Crippen LogP contribution in [0.1, 0.15) is 6.42 Å². The minimum atomic E-state index is -1.96. The van der Waals surface area contributed by atoms with Crippen LogP contribution in [0.15, 0.2) is 0 Å². The van der Waals surface area contributed by atoms with Gasteiger partial charge < -0.3 is 5.11 Å². The molecule has 5 heteroatoms. The van der Waals surface area contributed by atoms with Crippen LogP contribution in [-0.4, -0.2) is 22.3 Å². The zero-order valence-corrected chi connectivity index (χ0v) is 5.94. The average Bonchev–Trinajstić information content (AvgIpc) is 1.63. The number of carboxylic acids is 1. The molecule has 0 heterocycles. The summed E-state index contributed by atoms with van der Waals surface area (Å²) in [6.07, 6.45) is -2.76. The van der Waals surface area contributed by atoms with Crippen LogP contribution in [-0.2, 0) is 4.79 Å². The highest BCUT2D eigenvalue weighted by molar-refractivity contribution is 9.09. The summed E-state index contributed by atoms with van der Waals surface area (Å²) < 4.78 is 23.7. The van der Waals surface area contributed by atoms with Gasteiger partial charge in [-0.1, -0.05) is 0 Å². The molecule has 0 aliphatic carbocycles. The number of hydrogen-bond acceptors (Lipinski definition) is 1. The number of alkyl halides is 3. The second kappa shape index (κ2) is 3.76. The molecule has 2 nitrogen and oxygen atoms in total. The maximum Gasteiger partial charge on any atom is 0.306 e. The Balaban J connectivity index is 3.50. The van der Waals surface area contributed by atoms with Gasteiger partial charge in [0.15, 0.2) is 11.3 Å². The Morgan fingerprint density at radius 1 is 1.67 bits per heavy atom. The third-order valence-electron chi connectivity index (χ3n) is 0.643. The smallest absolute Gasteiger partial charge is 0.306 e. The predicted octanol–water partition coefficient (Wildman–Crippen LogP) is 1.49. The lowest BCUT2D eigenvalue weighted by Crippen LogP contribution is -2.15. The lowest BCUT2D eigenvalue weighted by molar-refractivity contribution is -0.138. The topological polar surface area (TPSA) is 37.3 Å². The average molecular weight is 203 g/mol. The van der Waals surface area contributed by atoms with Crippen molar-refractivity contribution in [2.75, 3.05) is 0 Å². The fourth-order valence-electron chi connectivity index (χ4n) is 0.256. The maximum atomic E-state index is 12.0.